The van der Waals surface area contributed by atoms with Crippen LogP contribution in [0.2, 0.25) is 0 Å². The Morgan fingerprint density at radius 3 is 2.27 bits per heavy atom. The third-order valence-corrected chi connectivity index (χ3v) is 4.60. The van der Waals surface area contributed by atoms with Gasteiger partial charge in [0.25, 0.3) is 5.56 Å². The number of H-pyrrole nitrogens is 1. The van der Waals surface area contributed by atoms with Gasteiger partial charge in [-0.25, -0.2) is 4.98 Å². The molecule has 2 aromatic carbocycles. The molecule has 9 heteroatoms. The minimum atomic E-state index is -4.13. The summed E-state index contributed by atoms with van der Waals surface area (Å²) in [6.45, 7) is 0. The van der Waals surface area contributed by atoms with Crippen molar-refractivity contribution in [2.24, 2.45) is 0 Å². The molecule has 0 saturated heterocycles. The van der Waals surface area contributed by atoms with Gasteiger partial charge in [-0.1, -0.05) is 24.3 Å². The average molecular weight is 376 g/mol. The second-order valence-corrected chi connectivity index (χ2v) is 7.30. The summed E-state index contributed by atoms with van der Waals surface area (Å²) in [5, 5.41) is 0.365. The van der Waals surface area contributed by atoms with Gasteiger partial charge in [0, 0.05) is 11.6 Å². The lowest BCUT2D eigenvalue weighted by atomic mass is 10.1. The molecule has 0 aliphatic carbocycles. The second kappa shape index (κ2) is 6.92. The van der Waals surface area contributed by atoms with Gasteiger partial charge in [-0.3, -0.25) is 9.36 Å². The highest BCUT2D eigenvalue weighted by molar-refractivity contribution is 7.50. The molecule has 0 saturated carbocycles. The summed E-state index contributed by atoms with van der Waals surface area (Å²) >= 11 is 0. The van der Waals surface area contributed by atoms with Gasteiger partial charge in [-0.2, -0.15) is 0 Å². The largest absolute Gasteiger partial charge is 0.493 e. The summed E-state index contributed by atoms with van der Waals surface area (Å²) in [5.41, 5.74) is 1.23. The topological polar surface area (TPSA) is 122 Å². The van der Waals surface area contributed by atoms with Gasteiger partial charge in [0.1, 0.15) is 5.82 Å². The van der Waals surface area contributed by atoms with Crippen molar-refractivity contribution < 1.29 is 23.8 Å². The van der Waals surface area contributed by atoms with E-state index in [9.17, 15) is 9.36 Å². The number of fused-ring (bicyclic) bond motifs is 1. The Labute approximate surface area is 148 Å². The maximum absolute atomic E-state index is 12.4. The Hall–Kier alpha value is -2.67. The number of benzene rings is 2. The number of aromatic nitrogens is 2. The Morgan fingerprint density at radius 2 is 1.69 bits per heavy atom. The van der Waals surface area contributed by atoms with E-state index in [0.29, 0.717) is 39.4 Å². The molecule has 0 radical (unpaired) electrons. The van der Waals surface area contributed by atoms with Crippen molar-refractivity contribution in [3.63, 3.8) is 0 Å². The van der Waals surface area contributed by atoms with Gasteiger partial charge in [-0.15, -0.1) is 0 Å². The molecule has 0 aliphatic rings. The van der Waals surface area contributed by atoms with Gasteiger partial charge in [0.05, 0.1) is 31.3 Å². The van der Waals surface area contributed by atoms with Crippen LogP contribution in [0.5, 0.6) is 11.5 Å². The van der Waals surface area contributed by atoms with E-state index in [1.165, 1.54) is 14.2 Å². The highest BCUT2D eigenvalue weighted by Gasteiger charge is 2.15. The lowest BCUT2D eigenvalue weighted by Gasteiger charge is -2.10. The number of rotatable bonds is 5. The highest BCUT2D eigenvalue weighted by Crippen LogP contribution is 2.39. The molecule has 0 amide bonds. The van der Waals surface area contributed by atoms with E-state index in [0.717, 1.165) is 0 Å². The summed E-state index contributed by atoms with van der Waals surface area (Å²) in [4.78, 5) is 37.6. The first kappa shape index (κ1) is 18.1. The van der Waals surface area contributed by atoms with Gasteiger partial charge in [0.2, 0.25) is 0 Å². The number of hydrogen-bond acceptors (Lipinski definition) is 5. The predicted molar refractivity (Wildman–Crippen MR) is 96.7 cm³/mol. The zero-order valence-corrected chi connectivity index (χ0v) is 15.0. The Kier molecular flexibility index (Phi) is 4.82. The number of hydrogen-bond donors (Lipinski definition) is 3. The summed E-state index contributed by atoms with van der Waals surface area (Å²) in [5.74, 6) is 1.24. The molecule has 0 aliphatic heterocycles. The molecule has 3 aromatic rings. The van der Waals surface area contributed by atoms with E-state index in [1.54, 1.807) is 36.4 Å². The lowest BCUT2D eigenvalue weighted by Crippen LogP contribution is -2.10. The Morgan fingerprint density at radius 1 is 1.08 bits per heavy atom. The first-order valence-electron chi connectivity index (χ1n) is 7.60. The number of nitrogens with one attached hydrogen (secondary N) is 1. The van der Waals surface area contributed by atoms with Crippen LogP contribution in [0.1, 0.15) is 5.56 Å². The van der Waals surface area contributed by atoms with Gasteiger partial charge in [0.15, 0.2) is 11.5 Å². The molecular formula is C17H17N2O6P. The minimum Gasteiger partial charge on any atom is -0.493 e. The Bertz CT molecular complexity index is 1060. The SMILES string of the molecule is COc1cc2nc(-c3ccc(CP(=O)(O)O)cc3)[nH]c(=O)c2cc1OC. The number of methoxy groups -OCH3 is 2. The van der Waals surface area contributed by atoms with Crippen LogP contribution in [-0.4, -0.2) is 34.0 Å². The smallest absolute Gasteiger partial charge is 0.329 e. The highest BCUT2D eigenvalue weighted by atomic mass is 31.2. The Balaban J connectivity index is 2.05. The van der Waals surface area contributed by atoms with E-state index in [4.69, 9.17) is 19.3 Å². The fourth-order valence-corrected chi connectivity index (χ4v) is 3.29. The standard InChI is InChI=1S/C17H17N2O6P/c1-24-14-7-12-13(8-15(14)25-2)18-16(19-17(12)20)11-5-3-10(4-6-11)9-26(21,22)23/h3-8H,9H2,1-2H3,(H,18,19,20)(H2,21,22,23). The first-order valence-corrected chi connectivity index (χ1v) is 9.40. The molecular weight excluding hydrogens is 359 g/mol. The lowest BCUT2D eigenvalue weighted by molar-refractivity contribution is 0.355. The van der Waals surface area contributed by atoms with E-state index in [1.807, 2.05) is 0 Å². The molecule has 0 spiro atoms. The van der Waals surface area contributed by atoms with Crippen molar-refractivity contribution in [3.8, 4) is 22.9 Å². The van der Waals surface area contributed by atoms with E-state index in [2.05, 4.69) is 9.97 Å². The summed E-state index contributed by atoms with van der Waals surface area (Å²) < 4.78 is 21.5. The van der Waals surface area contributed by atoms with Crippen molar-refractivity contribution >= 4 is 18.5 Å². The van der Waals surface area contributed by atoms with Crippen molar-refractivity contribution in [3.05, 3.63) is 52.3 Å². The van der Waals surface area contributed by atoms with Gasteiger partial charge in [-0.05, 0) is 11.6 Å². The molecule has 0 atom stereocenters. The van der Waals surface area contributed by atoms with Crippen LogP contribution >= 0.6 is 7.60 Å². The van der Waals surface area contributed by atoms with Crippen LogP contribution in [0.4, 0.5) is 0 Å². The molecule has 8 nitrogen and oxygen atoms in total. The number of ether oxygens (including phenoxy) is 2. The van der Waals surface area contributed by atoms with Crippen molar-refractivity contribution in [1.29, 1.82) is 0 Å². The normalized spacial score (nSPS) is 11.5. The van der Waals surface area contributed by atoms with Crippen LogP contribution < -0.4 is 15.0 Å². The van der Waals surface area contributed by atoms with Crippen molar-refractivity contribution in [1.82, 2.24) is 9.97 Å². The molecule has 26 heavy (non-hydrogen) atoms. The van der Waals surface area contributed by atoms with Crippen LogP contribution in [0.25, 0.3) is 22.3 Å². The molecule has 1 aromatic heterocycles. The van der Waals surface area contributed by atoms with Crippen LogP contribution in [0, 0.1) is 0 Å². The minimum absolute atomic E-state index is 0.328. The zero-order chi connectivity index (χ0) is 18.9. The van der Waals surface area contributed by atoms with Crippen molar-refractivity contribution in [2.75, 3.05) is 14.2 Å². The molecule has 1 heterocycles. The monoisotopic (exact) mass is 376 g/mol. The van der Waals surface area contributed by atoms with E-state index in [-0.39, 0.29) is 11.7 Å². The molecule has 136 valence electrons. The summed E-state index contributed by atoms with van der Waals surface area (Å²) in [6.07, 6.45) is -0.341. The number of aromatic amines is 1. The number of nitrogens with zero attached hydrogens (tertiary/aromatic N) is 1. The van der Waals surface area contributed by atoms with Crippen LogP contribution in [0.3, 0.4) is 0 Å². The fraction of sp³-hybridized carbons (Fsp3) is 0.176. The molecule has 0 bridgehead atoms. The second-order valence-electron chi connectivity index (χ2n) is 5.66. The maximum atomic E-state index is 12.4. The van der Waals surface area contributed by atoms with E-state index >= 15 is 0 Å². The van der Waals surface area contributed by atoms with Crippen molar-refractivity contribution in [2.45, 2.75) is 6.16 Å². The quantitative estimate of drug-likeness (QED) is 0.584. The maximum Gasteiger partial charge on any atom is 0.329 e. The summed E-state index contributed by atoms with van der Waals surface area (Å²) in [7, 11) is -1.15. The fourth-order valence-electron chi connectivity index (χ4n) is 2.61. The van der Waals surface area contributed by atoms with Crippen LogP contribution in [-0.2, 0) is 10.7 Å². The average Bonchev–Trinajstić information content (AvgIpc) is 2.59. The molecule has 3 rings (SSSR count). The van der Waals surface area contributed by atoms with Gasteiger partial charge < -0.3 is 24.2 Å². The van der Waals surface area contributed by atoms with Gasteiger partial charge >= 0.3 is 7.60 Å². The van der Waals surface area contributed by atoms with Crippen LogP contribution in [0.15, 0.2) is 41.2 Å². The molecule has 0 unspecified atom stereocenters. The van der Waals surface area contributed by atoms with E-state index < -0.39 is 7.60 Å². The zero-order valence-electron chi connectivity index (χ0n) is 14.1. The molecule has 3 N–H and O–H groups in total. The summed E-state index contributed by atoms with van der Waals surface area (Å²) in [6, 6.07) is 9.66. The third-order valence-electron chi connectivity index (χ3n) is 3.83. The molecule has 0 fully saturated rings. The predicted octanol–water partition coefficient (Wildman–Crippen LogP) is 2.29. The first-order chi connectivity index (χ1) is 12.3. The third kappa shape index (κ3) is 3.77.